The molecule has 2 atom stereocenters. The molecule has 1 fully saturated rings. The molecule has 0 bridgehead atoms. The van der Waals surface area contributed by atoms with Crippen LogP contribution < -0.4 is 20.1 Å². The first-order valence-electron chi connectivity index (χ1n) is 11.1. The predicted octanol–water partition coefficient (Wildman–Crippen LogP) is -1.43. The molecule has 1 unspecified atom stereocenters. The summed E-state index contributed by atoms with van der Waals surface area (Å²) >= 11 is 1.87. The van der Waals surface area contributed by atoms with Crippen molar-refractivity contribution in [2.75, 3.05) is 17.4 Å². The maximum atomic E-state index is 13.1. The fraction of sp³-hybridized carbons (Fsp3) is 0.350. The standard InChI is InChI=1S/C20H22N7O8PS2/c1-2-8-35-23-12(15-22-20(38-25-15)24-36(32,33)34)16(28)21-13-17(29)27-14(19(30)31)11(10-37-18(13)27)9-26-6-4-3-5-7-26/h3-7,13,18H,2,8-10H2,1H3,(H4-,21,22,24,25,28,30,31,32,33,34)/t13?,18-/m0/s1. The Morgan fingerprint density at radius 2 is 2.08 bits per heavy atom. The Morgan fingerprint density at radius 3 is 2.74 bits per heavy atom. The van der Waals surface area contributed by atoms with E-state index in [-0.39, 0.29) is 35.6 Å². The van der Waals surface area contributed by atoms with Crippen LogP contribution in [0.5, 0.6) is 0 Å². The number of carboxylic acid groups (broad SMARTS) is 1. The highest BCUT2D eigenvalue weighted by molar-refractivity contribution is 8.00. The van der Waals surface area contributed by atoms with E-state index in [0.717, 1.165) is 4.90 Å². The molecule has 0 aliphatic carbocycles. The molecule has 2 aliphatic rings. The molecule has 0 aromatic carbocycles. The average molecular weight is 584 g/mol. The highest BCUT2D eigenvalue weighted by Crippen LogP contribution is 2.40. The first kappa shape index (κ1) is 27.7. The van der Waals surface area contributed by atoms with Gasteiger partial charge in [0.1, 0.15) is 18.0 Å². The molecule has 0 saturated carbocycles. The number of fused-ring (bicyclic) bond motifs is 1. The second-order valence-electron chi connectivity index (χ2n) is 8.00. The first-order valence-corrected chi connectivity index (χ1v) is 14.5. The summed E-state index contributed by atoms with van der Waals surface area (Å²) in [5.74, 6) is -3.01. The smallest absolute Gasteiger partial charge is 0.429 e. The zero-order chi connectivity index (χ0) is 27.4. The lowest BCUT2D eigenvalue weighted by Gasteiger charge is -2.50. The number of carboxylic acids is 1. The number of hydrogen-bond donors (Lipinski definition) is 4. The monoisotopic (exact) mass is 583 g/mol. The molecule has 2 aliphatic heterocycles. The van der Waals surface area contributed by atoms with Gasteiger partial charge in [-0.15, -0.1) is 11.8 Å². The van der Waals surface area contributed by atoms with Crippen molar-refractivity contribution in [2.24, 2.45) is 5.16 Å². The minimum Gasteiger partial charge on any atom is -0.543 e. The van der Waals surface area contributed by atoms with Crippen LogP contribution >= 0.6 is 31.0 Å². The molecular weight excluding hydrogens is 561 g/mol. The zero-order valence-electron chi connectivity index (χ0n) is 19.7. The van der Waals surface area contributed by atoms with Gasteiger partial charge in [0.2, 0.25) is 16.7 Å². The molecule has 202 valence electrons. The van der Waals surface area contributed by atoms with Gasteiger partial charge in [0.15, 0.2) is 18.9 Å². The van der Waals surface area contributed by atoms with Crippen molar-refractivity contribution < 1.29 is 43.2 Å². The third-order valence-corrected chi connectivity index (χ3v) is 7.85. The van der Waals surface area contributed by atoms with E-state index >= 15 is 0 Å². The minimum atomic E-state index is -4.66. The van der Waals surface area contributed by atoms with Gasteiger partial charge in [-0.05, 0) is 6.42 Å². The summed E-state index contributed by atoms with van der Waals surface area (Å²) in [6.45, 7) is 2.22. The molecular formula is C20H22N7O8PS2. The van der Waals surface area contributed by atoms with E-state index in [1.807, 2.05) is 18.1 Å². The van der Waals surface area contributed by atoms with Crippen molar-refractivity contribution in [3.05, 3.63) is 47.7 Å². The molecule has 4 heterocycles. The number of thioether (sulfide) groups is 1. The van der Waals surface area contributed by atoms with Crippen LogP contribution in [0, 0.1) is 0 Å². The lowest BCUT2D eigenvalue weighted by atomic mass is 10.0. The van der Waals surface area contributed by atoms with Gasteiger partial charge in [-0.25, -0.2) is 9.13 Å². The molecule has 1 saturated heterocycles. The Bertz CT molecular complexity index is 1350. The Morgan fingerprint density at radius 1 is 1.34 bits per heavy atom. The number of hydrogen-bond acceptors (Lipinski definition) is 11. The fourth-order valence-corrected chi connectivity index (χ4v) is 6.22. The van der Waals surface area contributed by atoms with E-state index in [1.54, 1.807) is 29.1 Å². The van der Waals surface area contributed by atoms with Gasteiger partial charge in [-0.3, -0.25) is 19.6 Å². The highest BCUT2D eigenvalue weighted by Gasteiger charge is 2.53. The Balaban J connectivity index is 1.52. The number of nitrogens with zero attached hydrogens (tertiary/aromatic N) is 5. The summed E-state index contributed by atoms with van der Waals surface area (Å²) in [6, 6.07) is 4.34. The van der Waals surface area contributed by atoms with E-state index in [0.29, 0.717) is 23.5 Å². The number of anilines is 1. The van der Waals surface area contributed by atoms with Crippen molar-refractivity contribution >= 4 is 59.7 Å². The van der Waals surface area contributed by atoms with Crippen molar-refractivity contribution in [1.82, 2.24) is 19.6 Å². The van der Waals surface area contributed by atoms with E-state index in [2.05, 4.69) is 19.8 Å². The minimum absolute atomic E-state index is 0.158. The summed E-state index contributed by atoms with van der Waals surface area (Å²) < 4.78 is 16.8. The van der Waals surface area contributed by atoms with Gasteiger partial charge in [0, 0.05) is 35.0 Å². The van der Waals surface area contributed by atoms with Crippen molar-refractivity contribution in [3.8, 4) is 0 Å². The summed E-state index contributed by atoms with van der Waals surface area (Å²) in [7, 11) is -4.66. The number of carbonyl (C=O) groups excluding carboxylic acids is 3. The number of pyridine rings is 1. The van der Waals surface area contributed by atoms with Gasteiger partial charge in [0.25, 0.3) is 11.8 Å². The molecule has 15 nitrogen and oxygen atoms in total. The van der Waals surface area contributed by atoms with E-state index in [9.17, 15) is 24.1 Å². The lowest BCUT2D eigenvalue weighted by Crippen LogP contribution is -2.71. The summed E-state index contributed by atoms with van der Waals surface area (Å²) in [5, 5.41) is 19.2. The fourth-order valence-electron chi connectivity index (χ4n) is 3.64. The summed E-state index contributed by atoms with van der Waals surface area (Å²) in [6.07, 6.45) is 4.11. The van der Waals surface area contributed by atoms with Crippen molar-refractivity contribution in [1.29, 1.82) is 0 Å². The van der Waals surface area contributed by atoms with Crippen LogP contribution in [0.25, 0.3) is 0 Å². The average Bonchev–Trinajstić information content (AvgIpc) is 3.31. The largest absolute Gasteiger partial charge is 0.543 e. The number of β-lactam (4-membered cyclic amide) rings is 1. The highest BCUT2D eigenvalue weighted by atomic mass is 32.2. The third kappa shape index (κ3) is 6.19. The first-order chi connectivity index (χ1) is 18.1. The third-order valence-electron chi connectivity index (χ3n) is 5.22. The number of aliphatic carboxylic acids is 1. The lowest BCUT2D eigenvalue weighted by molar-refractivity contribution is -0.689. The van der Waals surface area contributed by atoms with Crippen molar-refractivity contribution in [3.63, 3.8) is 0 Å². The number of nitrogens with one attached hydrogen (secondary N) is 2. The number of rotatable bonds is 11. The number of carbonyl (C=O) groups is 3. The topological polar surface area (TPSA) is 210 Å². The number of aromatic nitrogens is 3. The Labute approximate surface area is 224 Å². The van der Waals surface area contributed by atoms with Crippen LogP contribution in [-0.2, 0) is 30.3 Å². The number of oxime groups is 1. The molecule has 38 heavy (non-hydrogen) atoms. The second-order valence-corrected chi connectivity index (χ2v) is 11.2. The molecule has 2 amide bonds. The summed E-state index contributed by atoms with van der Waals surface area (Å²) in [5.41, 5.74) is -0.153. The van der Waals surface area contributed by atoms with Gasteiger partial charge >= 0.3 is 7.75 Å². The van der Waals surface area contributed by atoms with Crippen molar-refractivity contribution in [2.45, 2.75) is 31.3 Å². The Hall–Kier alpha value is -3.37. The second kappa shape index (κ2) is 11.6. The van der Waals surface area contributed by atoms with E-state index in [1.165, 1.54) is 11.8 Å². The van der Waals surface area contributed by atoms with Crippen LogP contribution in [-0.4, -0.2) is 71.3 Å². The summed E-state index contributed by atoms with van der Waals surface area (Å²) in [4.78, 5) is 66.3. The van der Waals surface area contributed by atoms with Crippen LogP contribution in [0.1, 0.15) is 19.2 Å². The van der Waals surface area contributed by atoms with Crippen LogP contribution in [0.4, 0.5) is 5.13 Å². The van der Waals surface area contributed by atoms with Crippen LogP contribution in [0.3, 0.4) is 0 Å². The molecule has 4 rings (SSSR count). The van der Waals surface area contributed by atoms with Gasteiger partial charge in [-0.2, -0.15) is 9.36 Å². The van der Waals surface area contributed by atoms with Gasteiger partial charge in [0.05, 0.1) is 11.7 Å². The molecule has 2 aromatic heterocycles. The maximum Gasteiger partial charge on any atom is 0.429 e. The number of amides is 2. The molecule has 2 aromatic rings. The Kier molecular flexibility index (Phi) is 8.42. The molecule has 18 heteroatoms. The zero-order valence-corrected chi connectivity index (χ0v) is 22.2. The SMILES string of the molecule is CCCON=C(C(=O)NC1C(=O)N2C(C(=O)[O-])=C(C[n+]3ccccc3)CS[C@@H]12)c1nsc(NP(=O)(O)O)n1. The molecule has 0 spiro atoms. The maximum absolute atomic E-state index is 13.1. The van der Waals surface area contributed by atoms with Crippen LogP contribution in [0.15, 0.2) is 47.0 Å². The normalized spacial score (nSPS) is 19.5. The van der Waals surface area contributed by atoms with Crippen LogP contribution in [0.2, 0.25) is 0 Å². The van der Waals surface area contributed by atoms with E-state index < -0.39 is 42.7 Å². The van der Waals surface area contributed by atoms with Gasteiger partial charge < -0.3 is 29.8 Å². The van der Waals surface area contributed by atoms with Gasteiger partial charge in [-0.1, -0.05) is 18.1 Å². The van der Waals surface area contributed by atoms with E-state index in [4.69, 9.17) is 14.6 Å². The molecule has 4 N–H and O–H groups in total. The predicted molar refractivity (Wildman–Crippen MR) is 132 cm³/mol. The quantitative estimate of drug-likeness (QED) is 0.0599. The molecule has 0 radical (unpaired) electrons.